The molecule has 1 aliphatic heterocycles. The number of benzene rings is 1. The van der Waals surface area contributed by atoms with E-state index in [2.05, 4.69) is 22.3 Å². The number of anilines is 1. The Morgan fingerprint density at radius 1 is 1.23 bits per heavy atom. The van der Waals surface area contributed by atoms with Crippen LogP contribution in [0.25, 0.3) is 0 Å². The van der Waals surface area contributed by atoms with Crippen molar-refractivity contribution in [2.75, 3.05) is 5.32 Å². The second kappa shape index (κ2) is 4.80. The highest BCUT2D eigenvalue weighted by Crippen LogP contribution is 2.41. The van der Waals surface area contributed by atoms with Crippen LogP contribution in [0.15, 0.2) is 41.6 Å². The van der Waals surface area contributed by atoms with Gasteiger partial charge < -0.3 is 5.32 Å². The summed E-state index contributed by atoms with van der Waals surface area (Å²) in [5.41, 5.74) is 2.93. The molecule has 1 aromatic carbocycles. The third-order valence-corrected chi connectivity index (χ3v) is 4.35. The van der Waals surface area contributed by atoms with E-state index in [4.69, 9.17) is 0 Å². The second-order valence-electron chi connectivity index (χ2n) is 6.19. The Labute approximate surface area is 129 Å². The summed E-state index contributed by atoms with van der Waals surface area (Å²) < 4.78 is 1.84. The van der Waals surface area contributed by atoms with Gasteiger partial charge >= 0.3 is 0 Å². The lowest BCUT2D eigenvalue weighted by Gasteiger charge is -2.34. The molecule has 0 spiro atoms. The van der Waals surface area contributed by atoms with Gasteiger partial charge in [0.2, 0.25) is 5.95 Å². The Balaban J connectivity index is 1.92. The van der Waals surface area contributed by atoms with Crippen molar-refractivity contribution in [3.63, 3.8) is 0 Å². The number of allylic oxidation sites excluding steroid dienone is 2. The molecule has 0 saturated carbocycles. The summed E-state index contributed by atoms with van der Waals surface area (Å²) in [4.78, 5) is 17.1. The minimum atomic E-state index is -0.173. The van der Waals surface area contributed by atoms with Crippen LogP contribution in [-0.4, -0.2) is 20.5 Å². The van der Waals surface area contributed by atoms with Crippen LogP contribution < -0.4 is 5.32 Å². The number of ketones is 1. The van der Waals surface area contributed by atoms with Crippen molar-refractivity contribution in [2.24, 2.45) is 5.92 Å². The molecule has 2 heterocycles. The Hall–Kier alpha value is -2.43. The van der Waals surface area contributed by atoms with E-state index in [0.717, 1.165) is 29.2 Å². The molecular weight excluding hydrogens is 276 g/mol. The number of hydrogen-bond acceptors (Lipinski definition) is 4. The van der Waals surface area contributed by atoms with Gasteiger partial charge in [-0.2, -0.15) is 10.1 Å². The molecular formula is C17H18N4O. The fraction of sp³-hybridized carbons (Fsp3) is 0.353. The number of Topliss-reactive ketones (excluding diaryl/α,β-unsaturated/α-hetero) is 1. The summed E-state index contributed by atoms with van der Waals surface area (Å²) in [6, 6.07) is 9.90. The molecule has 2 atom stereocenters. The van der Waals surface area contributed by atoms with Crippen LogP contribution in [-0.2, 0) is 4.79 Å². The fourth-order valence-electron chi connectivity index (χ4n) is 3.46. The van der Waals surface area contributed by atoms with Gasteiger partial charge in [-0.25, -0.2) is 4.68 Å². The van der Waals surface area contributed by atoms with Crippen molar-refractivity contribution < 1.29 is 4.79 Å². The van der Waals surface area contributed by atoms with Crippen LogP contribution in [0.3, 0.4) is 0 Å². The summed E-state index contributed by atoms with van der Waals surface area (Å²) in [5.74, 6) is 2.02. The molecule has 5 heteroatoms. The Morgan fingerprint density at radius 3 is 2.77 bits per heavy atom. The maximum atomic E-state index is 12.7. The molecule has 0 amide bonds. The molecule has 5 nitrogen and oxygen atoms in total. The summed E-state index contributed by atoms with van der Waals surface area (Å²) in [6.07, 6.45) is 1.49. The molecule has 0 unspecified atom stereocenters. The highest BCUT2D eigenvalue weighted by Gasteiger charge is 2.38. The van der Waals surface area contributed by atoms with Gasteiger partial charge in [0.15, 0.2) is 5.78 Å². The number of rotatable bonds is 1. The molecule has 0 radical (unpaired) electrons. The van der Waals surface area contributed by atoms with Gasteiger partial charge in [0.25, 0.3) is 0 Å². The smallest absolute Gasteiger partial charge is 0.226 e. The minimum absolute atomic E-state index is 0.173. The summed E-state index contributed by atoms with van der Waals surface area (Å²) in [7, 11) is 0. The number of aryl methyl sites for hydroxylation is 1. The average molecular weight is 294 g/mol. The van der Waals surface area contributed by atoms with Crippen molar-refractivity contribution in [1.82, 2.24) is 14.8 Å². The number of fused-ring (bicyclic) bond motifs is 1. The topological polar surface area (TPSA) is 59.8 Å². The molecule has 2 aromatic rings. The minimum Gasteiger partial charge on any atom is -0.328 e. The molecule has 2 aliphatic rings. The van der Waals surface area contributed by atoms with Crippen molar-refractivity contribution in [2.45, 2.75) is 32.7 Å². The van der Waals surface area contributed by atoms with Crippen molar-refractivity contribution >= 4 is 11.7 Å². The van der Waals surface area contributed by atoms with Crippen LogP contribution in [0.1, 0.15) is 37.2 Å². The monoisotopic (exact) mass is 294 g/mol. The SMILES string of the molecule is Cc1nc2n(n1)[C@@H](c1ccccc1)C1=C(C[C@H](C)CC1=O)N2. The van der Waals surface area contributed by atoms with E-state index in [-0.39, 0.29) is 11.8 Å². The van der Waals surface area contributed by atoms with E-state index in [1.165, 1.54) is 0 Å². The van der Waals surface area contributed by atoms with Crippen molar-refractivity contribution in [3.8, 4) is 0 Å². The number of aromatic nitrogens is 3. The predicted octanol–water partition coefficient (Wildman–Crippen LogP) is 2.85. The third-order valence-electron chi connectivity index (χ3n) is 4.35. The number of hydrogen-bond donors (Lipinski definition) is 1. The second-order valence-corrected chi connectivity index (χ2v) is 6.19. The first-order valence-electron chi connectivity index (χ1n) is 7.65. The quantitative estimate of drug-likeness (QED) is 0.878. The normalized spacial score (nSPS) is 23.8. The molecule has 1 aromatic heterocycles. The zero-order chi connectivity index (χ0) is 15.3. The highest BCUT2D eigenvalue weighted by atomic mass is 16.1. The predicted molar refractivity (Wildman–Crippen MR) is 83.4 cm³/mol. The van der Waals surface area contributed by atoms with Crippen LogP contribution in [0, 0.1) is 12.8 Å². The third kappa shape index (κ3) is 1.96. The van der Waals surface area contributed by atoms with E-state index < -0.39 is 0 Å². The first kappa shape index (κ1) is 13.2. The van der Waals surface area contributed by atoms with Gasteiger partial charge in [-0.15, -0.1) is 0 Å². The lowest BCUT2D eigenvalue weighted by atomic mass is 9.81. The standard InChI is InChI=1S/C17H18N4O/c1-10-8-13-15(14(22)9-10)16(12-6-4-3-5-7-12)21-17(19-13)18-11(2)20-21/h3-7,10,16H,8-9H2,1-2H3,(H,18,19,20)/t10-,16-/m0/s1. The number of nitrogens with zero attached hydrogens (tertiary/aromatic N) is 3. The highest BCUT2D eigenvalue weighted by molar-refractivity contribution is 5.99. The lowest BCUT2D eigenvalue weighted by Crippen LogP contribution is -2.33. The van der Waals surface area contributed by atoms with E-state index in [1.54, 1.807) is 0 Å². The molecule has 22 heavy (non-hydrogen) atoms. The Kier molecular flexibility index (Phi) is 2.89. The number of nitrogens with one attached hydrogen (secondary N) is 1. The molecule has 1 aliphatic carbocycles. The first-order valence-corrected chi connectivity index (χ1v) is 7.65. The molecule has 4 rings (SSSR count). The molecule has 0 saturated heterocycles. The average Bonchev–Trinajstić information content (AvgIpc) is 2.85. The van der Waals surface area contributed by atoms with Gasteiger partial charge in [0.05, 0.1) is 0 Å². The largest absolute Gasteiger partial charge is 0.328 e. The summed E-state index contributed by atoms with van der Waals surface area (Å²) in [6.45, 7) is 3.99. The maximum Gasteiger partial charge on any atom is 0.226 e. The van der Waals surface area contributed by atoms with Crippen LogP contribution >= 0.6 is 0 Å². The van der Waals surface area contributed by atoms with Gasteiger partial charge in [-0.1, -0.05) is 37.3 Å². The van der Waals surface area contributed by atoms with Gasteiger partial charge in [-0.05, 0) is 24.8 Å². The number of carbonyl (C=O) groups is 1. The van der Waals surface area contributed by atoms with Crippen LogP contribution in [0.5, 0.6) is 0 Å². The maximum absolute atomic E-state index is 12.7. The van der Waals surface area contributed by atoms with E-state index in [0.29, 0.717) is 18.2 Å². The summed E-state index contributed by atoms with van der Waals surface area (Å²) >= 11 is 0. The van der Waals surface area contributed by atoms with E-state index >= 15 is 0 Å². The fourth-order valence-corrected chi connectivity index (χ4v) is 3.46. The van der Waals surface area contributed by atoms with E-state index in [1.807, 2.05) is 41.9 Å². The Morgan fingerprint density at radius 2 is 2.00 bits per heavy atom. The van der Waals surface area contributed by atoms with Gasteiger partial charge in [0, 0.05) is 17.7 Å². The van der Waals surface area contributed by atoms with Gasteiger partial charge in [0.1, 0.15) is 11.9 Å². The molecule has 0 fully saturated rings. The van der Waals surface area contributed by atoms with Crippen LogP contribution in [0.4, 0.5) is 5.95 Å². The zero-order valence-corrected chi connectivity index (χ0v) is 12.7. The Bertz CT molecular complexity index is 775. The van der Waals surface area contributed by atoms with Crippen molar-refractivity contribution in [3.05, 3.63) is 53.0 Å². The lowest BCUT2D eigenvalue weighted by molar-refractivity contribution is -0.117. The first-order chi connectivity index (χ1) is 10.6. The van der Waals surface area contributed by atoms with Gasteiger partial charge in [-0.3, -0.25) is 4.79 Å². The zero-order valence-electron chi connectivity index (χ0n) is 12.7. The van der Waals surface area contributed by atoms with E-state index in [9.17, 15) is 4.79 Å². The molecule has 0 bridgehead atoms. The summed E-state index contributed by atoms with van der Waals surface area (Å²) in [5, 5.41) is 7.84. The van der Waals surface area contributed by atoms with Crippen LogP contribution in [0.2, 0.25) is 0 Å². The molecule has 1 N–H and O–H groups in total. The number of carbonyl (C=O) groups excluding carboxylic acids is 1. The van der Waals surface area contributed by atoms with Crippen molar-refractivity contribution in [1.29, 1.82) is 0 Å². The molecule has 112 valence electrons.